The minimum Gasteiger partial charge on any atom is -0.481 e. The molecule has 1 heterocycles. The zero-order valence-corrected chi connectivity index (χ0v) is 15.0. The van der Waals surface area contributed by atoms with Crippen LogP contribution in [0.4, 0.5) is 0 Å². The maximum Gasteiger partial charge on any atom is 0.313 e. The maximum atomic E-state index is 10.8. The number of carbonyl (C=O) groups is 1. The first-order valence-electron chi connectivity index (χ1n) is 7.25. The highest BCUT2D eigenvalue weighted by Gasteiger charge is 2.21. The van der Waals surface area contributed by atoms with E-state index in [2.05, 4.69) is 36.6 Å². The van der Waals surface area contributed by atoms with E-state index in [9.17, 15) is 4.79 Å². The summed E-state index contributed by atoms with van der Waals surface area (Å²) in [5.41, 5.74) is 1.20. The molecular formula is C15H26N2O2S2. The first-order valence-corrected chi connectivity index (χ1v) is 9.63. The first-order chi connectivity index (χ1) is 9.86. The van der Waals surface area contributed by atoms with E-state index in [1.54, 1.807) is 0 Å². The second-order valence-corrected chi connectivity index (χ2v) is 7.99. The van der Waals surface area contributed by atoms with Gasteiger partial charge in [-0.25, -0.2) is 4.98 Å². The quantitative estimate of drug-likeness (QED) is 0.550. The van der Waals surface area contributed by atoms with Gasteiger partial charge in [-0.15, -0.1) is 0 Å². The van der Waals surface area contributed by atoms with Crippen LogP contribution >= 0.6 is 23.5 Å². The lowest BCUT2D eigenvalue weighted by Crippen LogP contribution is -2.18. The minimum absolute atomic E-state index is 0.0221. The molecule has 21 heavy (non-hydrogen) atoms. The predicted octanol–water partition coefficient (Wildman–Crippen LogP) is 3.89. The number of carboxylic acid groups (broad SMARTS) is 1. The van der Waals surface area contributed by atoms with Crippen molar-refractivity contribution in [1.29, 1.82) is 0 Å². The summed E-state index contributed by atoms with van der Waals surface area (Å²) >= 11 is 3.19. The van der Waals surface area contributed by atoms with Crippen molar-refractivity contribution in [1.82, 2.24) is 9.55 Å². The number of imidazole rings is 1. The van der Waals surface area contributed by atoms with E-state index in [-0.39, 0.29) is 11.2 Å². The van der Waals surface area contributed by atoms with Gasteiger partial charge in [-0.05, 0) is 24.9 Å². The fraction of sp³-hybridized carbons (Fsp3) is 0.733. The molecule has 4 nitrogen and oxygen atoms in total. The summed E-state index contributed by atoms with van der Waals surface area (Å²) in [5.74, 6) is 0.468. The fourth-order valence-corrected chi connectivity index (χ4v) is 3.33. The van der Waals surface area contributed by atoms with Crippen molar-refractivity contribution in [3.05, 3.63) is 11.9 Å². The molecule has 0 aliphatic rings. The molecule has 1 aromatic rings. The highest BCUT2D eigenvalue weighted by atomic mass is 32.2. The lowest BCUT2D eigenvalue weighted by Gasteiger charge is -2.21. The van der Waals surface area contributed by atoms with Crippen LogP contribution in [0.5, 0.6) is 0 Å². The number of hydrogen-bond acceptors (Lipinski definition) is 4. The number of aromatic nitrogens is 2. The van der Waals surface area contributed by atoms with Crippen molar-refractivity contribution in [2.45, 2.75) is 57.1 Å². The zero-order valence-electron chi connectivity index (χ0n) is 13.4. The van der Waals surface area contributed by atoms with Gasteiger partial charge in [0, 0.05) is 23.9 Å². The van der Waals surface area contributed by atoms with Crippen molar-refractivity contribution in [3.8, 4) is 0 Å². The summed E-state index contributed by atoms with van der Waals surface area (Å²) in [4.78, 5) is 15.2. The van der Waals surface area contributed by atoms with Gasteiger partial charge in [0.25, 0.3) is 0 Å². The SMILES string of the molecule is CSCCCCCn1c(C(C)(C)C)cnc1SCC(=O)O. The Kier molecular flexibility index (Phi) is 7.66. The van der Waals surface area contributed by atoms with Gasteiger partial charge in [-0.1, -0.05) is 39.0 Å². The standard InChI is InChI=1S/C15H26N2O2S2/c1-15(2,3)12-10-16-14(21-11-13(18)19)17(12)8-6-5-7-9-20-4/h10H,5-9,11H2,1-4H3,(H,18,19). The highest BCUT2D eigenvalue weighted by molar-refractivity contribution is 7.99. The van der Waals surface area contributed by atoms with Crippen molar-refractivity contribution in [3.63, 3.8) is 0 Å². The molecule has 0 aliphatic carbocycles. The van der Waals surface area contributed by atoms with Gasteiger partial charge in [0.1, 0.15) is 0 Å². The Labute approximate surface area is 136 Å². The third-order valence-corrected chi connectivity index (χ3v) is 4.81. The van der Waals surface area contributed by atoms with Crippen LogP contribution in [0.3, 0.4) is 0 Å². The molecule has 0 aliphatic heterocycles. The lowest BCUT2D eigenvalue weighted by atomic mass is 9.92. The molecule has 0 amide bonds. The molecule has 6 heteroatoms. The molecule has 0 bridgehead atoms. The van der Waals surface area contributed by atoms with Crippen molar-refractivity contribution in [2.75, 3.05) is 17.8 Å². The number of rotatable bonds is 9. The summed E-state index contributed by atoms with van der Waals surface area (Å²) in [6.07, 6.45) is 7.57. The molecule has 0 aromatic carbocycles. The van der Waals surface area contributed by atoms with Crippen molar-refractivity contribution < 1.29 is 9.90 Å². The van der Waals surface area contributed by atoms with Gasteiger partial charge in [0.15, 0.2) is 5.16 Å². The third-order valence-electron chi connectivity index (χ3n) is 3.14. The number of thioether (sulfide) groups is 2. The Bertz CT molecular complexity index is 453. The van der Waals surface area contributed by atoms with Gasteiger partial charge in [0.2, 0.25) is 0 Å². The topological polar surface area (TPSA) is 55.1 Å². The third kappa shape index (κ3) is 6.34. The Morgan fingerprint density at radius 3 is 2.62 bits per heavy atom. The molecular weight excluding hydrogens is 304 g/mol. The highest BCUT2D eigenvalue weighted by Crippen LogP contribution is 2.28. The number of carboxylic acids is 1. The monoisotopic (exact) mass is 330 g/mol. The van der Waals surface area contributed by atoms with Crippen LogP contribution in [0, 0.1) is 0 Å². The largest absolute Gasteiger partial charge is 0.481 e. The number of aliphatic carboxylic acids is 1. The van der Waals surface area contributed by atoms with Gasteiger partial charge in [-0.2, -0.15) is 11.8 Å². The van der Waals surface area contributed by atoms with E-state index in [0.29, 0.717) is 0 Å². The van der Waals surface area contributed by atoms with Crippen LogP contribution in [0.15, 0.2) is 11.4 Å². The van der Waals surface area contributed by atoms with Gasteiger partial charge in [-0.3, -0.25) is 4.79 Å². The molecule has 1 aromatic heterocycles. The van der Waals surface area contributed by atoms with Gasteiger partial charge in [0.05, 0.1) is 5.75 Å². The van der Waals surface area contributed by atoms with E-state index in [4.69, 9.17) is 5.11 Å². The van der Waals surface area contributed by atoms with Crippen LogP contribution < -0.4 is 0 Å². The second-order valence-electron chi connectivity index (χ2n) is 6.06. The second kappa shape index (κ2) is 8.73. The van der Waals surface area contributed by atoms with Crippen LogP contribution in [0.25, 0.3) is 0 Å². The molecule has 120 valence electrons. The Morgan fingerprint density at radius 2 is 2.05 bits per heavy atom. The molecule has 0 atom stereocenters. The average molecular weight is 331 g/mol. The van der Waals surface area contributed by atoms with Crippen LogP contribution in [0.2, 0.25) is 0 Å². The molecule has 1 rings (SSSR count). The maximum absolute atomic E-state index is 10.8. The predicted molar refractivity (Wildman–Crippen MR) is 91.5 cm³/mol. The van der Waals surface area contributed by atoms with Gasteiger partial charge >= 0.3 is 5.97 Å². The Hall–Kier alpha value is -0.620. The van der Waals surface area contributed by atoms with Crippen LogP contribution in [0.1, 0.15) is 45.7 Å². The molecule has 0 fully saturated rings. The molecule has 1 N–H and O–H groups in total. The molecule has 0 saturated carbocycles. The van der Waals surface area contributed by atoms with E-state index >= 15 is 0 Å². The van der Waals surface area contributed by atoms with Crippen LogP contribution in [-0.4, -0.2) is 38.4 Å². The smallest absolute Gasteiger partial charge is 0.313 e. The summed E-state index contributed by atoms with van der Waals surface area (Å²) < 4.78 is 2.20. The fourth-order valence-electron chi connectivity index (χ4n) is 2.11. The normalized spacial score (nSPS) is 11.8. The molecule has 0 unspecified atom stereocenters. The summed E-state index contributed by atoms with van der Waals surface area (Å²) in [5, 5.41) is 9.67. The average Bonchev–Trinajstić information content (AvgIpc) is 2.79. The van der Waals surface area contributed by atoms with Crippen LogP contribution in [-0.2, 0) is 16.8 Å². The van der Waals surface area contributed by atoms with Gasteiger partial charge < -0.3 is 9.67 Å². The number of unbranched alkanes of at least 4 members (excludes halogenated alkanes) is 2. The van der Waals surface area contributed by atoms with E-state index < -0.39 is 5.97 Å². The zero-order chi connectivity index (χ0) is 15.9. The summed E-state index contributed by atoms with van der Waals surface area (Å²) in [6.45, 7) is 7.42. The van der Waals surface area contributed by atoms with E-state index in [0.717, 1.165) is 18.1 Å². The number of hydrogen-bond donors (Lipinski definition) is 1. The lowest BCUT2D eigenvalue weighted by molar-refractivity contribution is -0.133. The first kappa shape index (κ1) is 18.4. The Balaban J connectivity index is 2.74. The van der Waals surface area contributed by atoms with Crippen molar-refractivity contribution in [2.24, 2.45) is 0 Å². The summed E-state index contributed by atoms with van der Waals surface area (Å²) in [6, 6.07) is 0. The molecule has 0 saturated heterocycles. The molecule has 0 spiro atoms. The Morgan fingerprint density at radius 1 is 1.33 bits per heavy atom. The van der Waals surface area contributed by atoms with E-state index in [1.165, 1.54) is 36.1 Å². The molecule has 0 radical (unpaired) electrons. The summed E-state index contributed by atoms with van der Waals surface area (Å²) in [7, 11) is 0. The minimum atomic E-state index is -0.799. The number of nitrogens with zero attached hydrogens (tertiary/aromatic N) is 2. The van der Waals surface area contributed by atoms with E-state index in [1.807, 2.05) is 18.0 Å². The van der Waals surface area contributed by atoms with Crippen molar-refractivity contribution >= 4 is 29.5 Å².